The molecule has 0 N–H and O–H groups in total. The molecule has 3 aliphatic rings. The molecule has 0 radical (unpaired) electrons. The molecule has 3 fully saturated rings. The number of halogens is 2. The summed E-state index contributed by atoms with van der Waals surface area (Å²) >= 11 is 0. The molecule has 3 nitrogen and oxygen atoms in total. The third kappa shape index (κ3) is 2.69. The number of hydrogen-bond donors (Lipinski definition) is 0. The topological polar surface area (TPSA) is 29.5 Å². The molecule has 1 aliphatic heterocycles. The molecule has 20 heavy (non-hydrogen) atoms. The van der Waals surface area contributed by atoms with Crippen molar-refractivity contribution >= 4 is 5.91 Å². The minimum absolute atomic E-state index is 0.115. The number of nitrogens with zero attached hydrogens (tertiary/aromatic N) is 1. The van der Waals surface area contributed by atoms with Gasteiger partial charge in [0.1, 0.15) is 0 Å². The van der Waals surface area contributed by atoms with Crippen LogP contribution in [0.2, 0.25) is 0 Å². The molecule has 1 saturated heterocycles. The largest absolute Gasteiger partial charge is 0.381 e. The van der Waals surface area contributed by atoms with E-state index in [9.17, 15) is 13.6 Å². The summed E-state index contributed by atoms with van der Waals surface area (Å²) in [6.07, 6.45) is 2.85. The van der Waals surface area contributed by atoms with Crippen molar-refractivity contribution in [3.8, 4) is 0 Å². The highest BCUT2D eigenvalue weighted by Crippen LogP contribution is 2.41. The molecule has 1 heterocycles. The number of rotatable bonds is 2. The molecule has 0 aromatic rings. The predicted molar refractivity (Wildman–Crippen MR) is 70.5 cm³/mol. The first kappa shape index (κ1) is 14.2. The fourth-order valence-electron chi connectivity index (χ4n) is 4.16. The van der Waals surface area contributed by atoms with Crippen LogP contribution in [0.25, 0.3) is 0 Å². The molecule has 0 spiro atoms. The number of carbonyl (C=O) groups excluding carboxylic acids is 1. The van der Waals surface area contributed by atoms with Crippen molar-refractivity contribution in [1.29, 1.82) is 0 Å². The van der Waals surface area contributed by atoms with Gasteiger partial charge in [0.05, 0.1) is 6.10 Å². The quantitative estimate of drug-likeness (QED) is 0.781. The van der Waals surface area contributed by atoms with E-state index < -0.39 is 5.92 Å². The molecule has 2 saturated carbocycles. The van der Waals surface area contributed by atoms with Gasteiger partial charge in [-0.25, -0.2) is 8.78 Å². The van der Waals surface area contributed by atoms with Crippen LogP contribution in [0.1, 0.15) is 38.5 Å². The van der Waals surface area contributed by atoms with Gasteiger partial charge >= 0.3 is 0 Å². The number of hydrogen-bond acceptors (Lipinski definition) is 2. The molecule has 3 rings (SSSR count). The van der Waals surface area contributed by atoms with Crippen molar-refractivity contribution in [1.82, 2.24) is 4.90 Å². The minimum atomic E-state index is -2.55. The number of fused-ring (bicyclic) bond motifs is 1. The average Bonchev–Trinajstić information content (AvgIpc) is 2.95. The number of carbonyl (C=O) groups is 1. The lowest BCUT2D eigenvalue weighted by atomic mass is 9.86. The summed E-state index contributed by atoms with van der Waals surface area (Å²) < 4.78 is 31.7. The second-order valence-electron chi connectivity index (χ2n) is 6.72. The summed E-state index contributed by atoms with van der Waals surface area (Å²) in [6, 6.07) is 0. The van der Waals surface area contributed by atoms with Gasteiger partial charge in [0.2, 0.25) is 11.8 Å². The van der Waals surface area contributed by atoms with Gasteiger partial charge in [-0.2, -0.15) is 0 Å². The van der Waals surface area contributed by atoms with E-state index in [-0.39, 0.29) is 24.7 Å². The van der Waals surface area contributed by atoms with Crippen LogP contribution in [0.15, 0.2) is 0 Å². The van der Waals surface area contributed by atoms with Gasteiger partial charge in [0.15, 0.2) is 0 Å². The van der Waals surface area contributed by atoms with Crippen molar-refractivity contribution in [3.05, 3.63) is 0 Å². The third-order valence-electron chi connectivity index (χ3n) is 5.42. The predicted octanol–water partition coefficient (Wildman–Crippen LogP) is 2.70. The van der Waals surface area contributed by atoms with Gasteiger partial charge in [-0.15, -0.1) is 0 Å². The molecular weight excluding hydrogens is 264 g/mol. The van der Waals surface area contributed by atoms with E-state index in [0.717, 1.165) is 25.9 Å². The zero-order valence-corrected chi connectivity index (χ0v) is 12.0. The zero-order valence-electron chi connectivity index (χ0n) is 12.0. The number of alkyl halides is 2. The third-order valence-corrected chi connectivity index (χ3v) is 5.42. The highest BCUT2D eigenvalue weighted by molar-refractivity contribution is 5.79. The maximum absolute atomic E-state index is 13.1. The van der Waals surface area contributed by atoms with Crippen LogP contribution >= 0.6 is 0 Å². The number of methoxy groups -OCH3 is 1. The van der Waals surface area contributed by atoms with Crippen LogP contribution in [0.3, 0.4) is 0 Å². The van der Waals surface area contributed by atoms with Gasteiger partial charge in [0, 0.05) is 39.0 Å². The van der Waals surface area contributed by atoms with E-state index in [1.807, 2.05) is 4.90 Å². The molecule has 0 bridgehead atoms. The Hall–Kier alpha value is -0.710. The van der Waals surface area contributed by atoms with E-state index >= 15 is 0 Å². The molecule has 5 heteroatoms. The van der Waals surface area contributed by atoms with Gasteiger partial charge in [-0.05, 0) is 37.5 Å². The summed E-state index contributed by atoms with van der Waals surface area (Å²) in [7, 11) is 1.75. The monoisotopic (exact) mass is 287 g/mol. The van der Waals surface area contributed by atoms with Crippen molar-refractivity contribution in [2.45, 2.75) is 50.6 Å². The van der Waals surface area contributed by atoms with Crippen LogP contribution in [-0.2, 0) is 9.53 Å². The fraction of sp³-hybridized carbons (Fsp3) is 0.933. The zero-order chi connectivity index (χ0) is 14.3. The standard InChI is InChI=1S/C15H23F2NO2/c1-20-13-6-11-8-18(9-12(11)7-13)14(19)10-2-4-15(16,17)5-3-10/h10-13H,2-9H2,1H3/t11-,12+,13?. The SMILES string of the molecule is COC1C[C@@H]2CN(C(=O)C3CCC(F)(F)CC3)C[C@@H]2C1. The maximum atomic E-state index is 13.1. The summed E-state index contributed by atoms with van der Waals surface area (Å²) in [5.74, 6) is -1.51. The first-order valence-corrected chi connectivity index (χ1v) is 7.68. The van der Waals surface area contributed by atoms with Gasteiger partial charge in [-0.1, -0.05) is 0 Å². The van der Waals surface area contributed by atoms with Crippen molar-refractivity contribution in [2.24, 2.45) is 17.8 Å². The fourth-order valence-corrected chi connectivity index (χ4v) is 4.16. The van der Waals surface area contributed by atoms with Crippen LogP contribution in [-0.4, -0.2) is 43.0 Å². The van der Waals surface area contributed by atoms with E-state index in [1.54, 1.807) is 7.11 Å². The Kier molecular flexibility index (Phi) is 3.73. The lowest BCUT2D eigenvalue weighted by Gasteiger charge is -2.30. The molecule has 2 aliphatic carbocycles. The highest BCUT2D eigenvalue weighted by Gasteiger charge is 2.45. The summed E-state index contributed by atoms with van der Waals surface area (Å²) in [6.45, 7) is 1.60. The number of ether oxygens (including phenoxy) is 1. The molecule has 114 valence electrons. The summed E-state index contributed by atoms with van der Waals surface area (Å²) in [4.78, 5) is 14.4. The Labute approximate surface area is 118 Å². The van der Waals surface area contributed by atoms with E-state index in [1.165, 1.54) is 0 Å². The van der Waals surface area contributed by atoms with Crippen molar-refractivity contribution in [3.63, 3.8) is 0 Å². The lowest BCUT2D eigenvalue weighted by molar-refractivity contribution is -0.139. The smallest absolute Gasteiger partial charge is 0.248 e. The molecule has 1 unspecified atom stereocenters. The van der Waals surface area contributed by atoms with E-state index in [0.29, 0.717) is 30.8 Å². The van der Waals surface area contributed by atoms with E-state index in [2.05, 4.69) is 0 Å². The molecule has 3 atom stereocenters. The first-order chi connectivity index (χ1) is 9.48. The Balaban J connectivity index is 1.53. The Morgan fingerprint density at radius 3 is 2.20 bits per heavy atom. The second-order valence-corrected chi connectivity index (χ2v) is 6.72. The normalized spacial score (nSPS) is 37.1. The van der Waals surface area contributed by atoms with Crippen LogP contribution in [0, 0.1) is 17.8 Å². The highest BCUT2D eigenvalue weighted by atomic mass is 19.3. The van der Waals surface area contributed by atoms with Gasteiger partial charge in [-0.3, -0.25) is 4.79 Å². The lowest BCUT2D eigenvalue weighted by Crippen LogP contribution is -2.38. The van der Waals surface area contributed by atoms with E-state index in [4.69, 9.17) is 4.74 Å². The Morgan fingerprint density at radius 2 is 1.70 bits per heavy atom. The summed E-state index contributed by atoms with van der Waals surface area (Å²) in [5.41, 5.74) is 0. The van der Waals surface area contributed by atoms with Gasteiger partial charge in [0.25, 0.3) is 0 Å². The maximum Gasteiger partial charge on any atom is 0.248 e. The van der Waals surface area contributed by atoms with Crippen molar-refractivity contribution in [2.75, 3.05) is 20.2 Å². The van der Waals surface area contributed by atoms with Crippen LogP contribution < -0.4 is 0 Å². The molecule has 1 amide bonds. The average molecular weight is 287 g/mol. The second kappa shape index (κ2) is 5.24. The molecular formula is C15H23F2NO2. The number of likely N-dealkylation sites (tertiary alicyclic amines) is 1. The van der Waals surface area contributed by atoms with Crippen molar-refractivity contribution < 1.29 is 18.3 Å². The van der Waals surface area contributed by atoms with Crippen LogP contribution in [0.4, 0.5) is 8.78 Å². The first-order valence-electron chi connectivity index (χ1n) is 7.68. The van der Waals surface area contributed by atoms with Gasteiger partial charge < -0.3 is 9.64 Å². The number of amides is 1. The molecule has 0 aromatic heterocycles. The van der Waals surface area contributed by atoms with Crippen LogP contribution in [0.5, 0.6) is 0 Å². The Morgan fingerprint density at radius 1 is 1.15 bits per heavy atom. The summed E-state index contributed by atoms with van der Waals surface area (Å²) in [5, 5.41) is 0. The molecule has 0 aromatic carbocycles. The Bertz CT molecular complexity index is 364. The minimum Gasteiger partial charge on any atom is -0.381 e.